The Morgan fingerprint density at radius 2 is 2.12 bits per heavy atom. The van der Waals surface area contributed by atoms with Gasteiger partial charge in [-0.2, -0.15) is 0 Å². The molecule has 84 valence electrons. The molecule has 0 fully saturated rings. The lowest BCUT2D eigenvalue weighted by atomic mass is 10.1. The van der Waals surface area contributed by atoms with Gasteiger partial charge in [-0.3, -0.25) is 15.3 Å². The molecular weight excluding hydrogens is 204 g/mol. The molecule has 0 spiro atoms. The van der Waals surface area contributed by atoms with Crippen molar-refractivity contribution in [2.24, 2.45) is 0 Å². The molecule has 0 amide bonds. The Morgan fingerprint density at radius 1 is 1.38 bits per heavy atom. The van der Waals surface area contributed by atoms with E-state index in [0.717, 1.165) is 10.4 Å². The third-order valence-corrected chi connectivity index (χ3v) is 2.49. The van der Waals surface area contributed by atoms with Crippen molar-refractivity contribution in [3.63, 3.8) is 0 Å². The molecule has 1 heterocycles. The van der Waals surface area contributed by atoms with Gasteiger partial charge in [-0.1, -0.05) is 0 Å². The van der Waals surface area contributed by atoms with E-state index in [-0.39, 0.29) is 0 Å². The minimum atomic E-state index is 0.424. The number of rotatable bonds is 2. The van der Waals surface area contributed by atoms with Gasteiger partial charge in [0.25, 0.3) is 0 Å². The Hall–Kier alpha value is -2.01. The van der Waals surface area contributed by atoms with E-state index in [1.165, 1.54) is 0 Å². The second kappa shape index (κ2) is 3.86. The Bertz CT molecular complexity index is 527. The average Bonchev–Trinajstić information content (AvgIpc) is 2.28. The van der Waals surface area contributed by atoms with E-state index in [0.29, 0.717) is 29.1 Å². The summed E-state index contributed by atoms with van der Waals surface area (Å²) < 4.78 is 0. The molecule has 5 heteroatoms. The van der Waals surface area contributed by atoms with E-state index in [9.17, 15) is 5.21 Å². The molecular formula is C11H14N4O. The van der Waals surface area contributed by atoms with Crippen LogP contribution in [0.25, 0.3) is 10.9 Å². The van der Waals surface area contributed by atoms with Gasteiger partial charge in [-0.05, 0) is 25.1 Å². The van der Waals surface area contributed by atoms with Crippen molar-refractivity contribution in [2.45, 2.75) is 6.92 Å². The van der Waals surface area contributed by atoms with Crippen molar-refractivity contribution in [3.8, 4) is 0 Å². The van der Waals surface area contributed by atoms with Gasteiger partial charge >= 0.3 is 0 Å². The first kappa shape index (κ1) is 10.5. The van der Waals surface area contributed by atoms with Crippen molar-refractivity contribution in [1.29, 1.82) is 0 Å². The lowest BCUT2D eigenvalue weighted by molar-refractivity contribution is 0.261. The number of nitrogen functional groups attached to an aromatic ring is 2. The Balaban J connectivity index is 2.81. The zero-order valence-electron chi connectivity index (χ0n) is 9.01. The third-order valence-electron chi connectivity index (χ3n) is 2.49. The molecule has 0 unspecified atom stereocenters. The van der Waals surface area contributed by atoms with Crippen LogP contribution in [0.3, 0.4) is 0 Å². The molecule has 5 N–H and O–H groups in total. The summed E-state index contributed by atoms with van der Waals surface area (Å²) in [5, 5.41) is 11.6. The fourth-order valence-electron chi connectivity index (χ4n) is 1.71. The fourth-order valence-corrected chi connectivity index (χ4v) is 1.71. The summed E-state index contributed by atoms with van der Waals surface area (Å²) in [7, 11) is 0. The molecule has 0 aliphatic heterocycles. The quantitative estimate of drug-likeness (QED) is 0.526. The SMILES string of the molecule is CCN(O)c1c(N)cc(N)c2cccnc12. The smallest absolute Gasteiger partial charge is 0.113 e. The van der Waals surface area contributed by atoms with Crippen molar-refractivity contribution < 1.29 is 5.21 Å². The van der Waals surface area contributed by atoms with Crippen LogP contribution in [0, 0.1) is 0 Å². The summed E-state index contributed by atoms with van der Waals surface area (Å²) in [4.78, 5) is 4.21. The maximum Gasteiger partial charge on any atom is 0.113 e. The molecule has 0 bridgehead atoms. The first-order valence-electron chi connectivity index (χ1n) is 5.04. The van der Waals surface area contributed by atoms with Gasteiger partial charge in [0.15, 0.2) is 0 Å². The summed E-state index contributed by atoms with van der Waals surface area (Å²) >= 11 is 0. The van der Waals surface area contributed by atoms with E-state index in [2.05, 4.69) is 4.98 Å². The summed E-state index contributed by atoms with van der Waals surface area (Å²) in [5.41, 5.74) is 13.8. The lowest BCUT2D eigenvalue weighted by Crippen LogP contribution is -2.19. The largest absolute Gasteiger partial charge is 0.398 e. The van der Waals surface area contributed by atoms with Crippen LogP contribution in [0.5, 0.6) is 0 Å². The van der Waals surface area contributed by atoms with E-state index < -0.39 is 0 Å². The number of fused-ring (bicyclic) bond motifs is 1. The first-order chi connectivity index (χ1) is 7.65. The van der Waals surface area contributed by atoms with Crippen LogP contribution in [-0.2, 0) is 0 Å². The third kappa shape index (κ3) is 1.51. The van der Waals surface area contributed by atoms with E-state index in [1.807, 2.05) is 13.0 Å². The van der Waals surface area contributed by atoms with Crippen molar-refractivity contribution >= 4 is 28.0 Å². The molecule has 1 aromatic carbocycles. The van der Waals surface area contributed by atoms with Crippen LogP contribution < -0.4 is 16.5 Å². The minimum Gasteiger partial charge on any atom is -0.398 e. The lowest BCUT2D eigenvalue weighted by Gasteiger charge is -2.19. The number of anilines is 3. The van der Waals surface area contributed by atoms with Crippen molar-refractivity contribution in [3.05, 3.63) is 24.4 Å². The second-order valence-corrected chi connectivity index (χ2v) is 3.52. The second-order valence-electron chi connectivity index (χ2n) is 3.52. The number of benzene rings is 1. The van der Waals surface area contributed by atoms with Crippen LogP contribution in [0.4, 0.5) is 17.1 Å². The number of hydrogen-bond acceptors (Lipinski definition) is 5. The highest BCUT2D eigenvalue weighted by Crippen LogP contribution is 2.34. The van der Waals surface area contributed by atoms with Crippen LogP contribution in [0.15, 0.2) is 24.4 Å². The molecule has 1 aromatic heterocycles. The van der Waals surface area contributed by atoms with Crippen molar-refractivity contribution in [1.82, 2.24) is 4.98 Å². The topological polar surface area (TPSA) is 88.4 Å². The normalized spacial score (nSPS) is 10.6. The summed E-state index contributed by atoms with van der Waals surface area (Å²) in [6, 6.07) is 5.29. The average molecular weight is 218 g/mol. The summed E-state index contributed by atoms with van der Waals surface area (Å²) in [6.07, 6.45) is 1.65. The van der Waals surface area contributed by atoms with Gasteiger partial charge in [0.1, 0.15) is 11.2 Å². The first-order valence-corrected chi connectivity index (χ1v) is 5.04. The molecule has 2 rings (SSSR count). The predicted molar refractivity (Wildman–Crippen MR) is 65.4 cm³/mol. The monoisotopic (exact) mass is 218 g/mol. The molecule has 0 atom stereocenters. The molecule has 0 saturated heterocycles. The molecule has 16 heavy (non-hydrogen) atoms. The molecule has 0 radical (unpaired) electrons. The molecule has 0 aliphatic rings. The predicted octanol–water partition coefficient (Wildman–Crippen LogP) is 1.61. The van der Waals surface area contributed by atoms with Crippen LogP contribution in [0.2, 0.25) is 0 Å². The molecule has 2 aromatic rings. The standard InChI is InChI=1S/C11H14N4O/c1-2-15(16)11-9(13)6-8(12)7-4-3-5-14-10(7)11/h3-6,16H,2,12-13H2,1H3. The fraction of sp³-hybridized carbons (Fsp3) is 0.182. The highest BCUT2D eigenvalue weighted by molar-refractivity contribution is 6.03. The molecule has 5 nitrogen and oxygen atoms in total. The van der Waals surface area contributed by atoms with Gasteiger partial charge in [0.05, 0.1) is 5.69 Å². The highest BCUT2D eigenvalue weighted by Gasteiger charge is 2.13. The van der Waals surface area contributed by atoms with Gasteiger partial charge in [0, 0.05) is 23.8 Å². The zero-order chi connectivity index (χ0) is 11.7. The van der Waals surface area contributed by atoms with E-state index in [4.69, 9.17) is 11.5 Å². The molecule has 0 saturated carbocycles. The Labute approximate surface area is 93.3 Å². The van der Waals surface area contributed by atoms with Crippen LogP contribution in [-0.4, -0.2) is 16.7 Å². The van der Waals surface area contributed by atoms with Crippen LogP contribution >= 0.6 is 0 Å². The van der Waals surface area contributed by atoms with E-state index >= 15 is 0 Å². The van der Waals surface area contributed by atoms with Crippen molar-refractivity contribution in [2.75, 3.05) is 23.1 Å². The number of hydrogen-bond donors (Lipinski definition) is 3. The number of nitrogens with two attached hydrogens (primary N) is 2. The number of hydroxylamine groups is 1. The number of aromatic nitrogens is 1. The Morgan fingerprint density at radius 3 is 2.81 bits per heavy atom. The zero-order valence-corrected chi connectivity index (χ0v) is 9.01. The van der Waals surface area contributed by atoms with Crippen LogP contribution in [0.1, 0.15) is 6.92 Å². The van der Waals surface area contributed by atoms with E-state index in [1.54, 1.807) is 18.3 Å². The van der Waals surface area contributed by atoms with Gasteiger partial charge in [0.2, 0.25) is 0 Å². The van der Waals surface area contributed by atoms with Gasteiger partial charge < -0.3 is 11.5 Å². The Kier molecular flexibility index (Phi) is 2.54. The summed E-state index contributed by atoms with van der Waals surface area (Å²) in [5.74, 6) is 0. The minimum absolute atomic E-state index is 0.424. The maximum atomic E-state index is 9.77. The highest BCUT2D eigenvalue weighted by atomic mass is 16.5. The van der Waals surface area contributed by atoms with Gasteiger partial charge in [-0.25, -0.2) is 0 Å². The number of nitrogens with zero attached hydrogens (tertiary/aromatic N) is 2. The van der Waals surface area contributed by atoms with Gasteiger partial charge in [-0.15, -0.1) is 0 Å². The summed E-state index contributed by atoms with van der Waals surface area (Å²) in [6.45, 7) is 2.25. The maximum absolute atomic E-state index is 9.77. The number of pyridine rings is 1. The molecule has 0 aliphatic carbocycles.